The molecule has 0 aliphatic carbocycles. The molecule has 156 valence electrons. The monoisotopic (exact) mass is 398 g/mol. The molecule has 2 aromatic rings. The SMILES string of the molecule is Cc1cc(CN2CCN(C(=O)C3CCN(Cc4ccnc(N)c4)CC3)CC2)no1. The van der Waals surface area contributed by atoms with Crippen LogP contribution < -0.4 is 5.73 Å². The summed E-state index contributed by atoms with van der Waals surface area (Å²) in [5.74, 6) is 1.88. The molecule has 4 heterocycles. The fourth-order valence-electron chi connectivity index (χ4n) is 4.30. The van der Waals surface area contributed by atoms with Gasteiger partial charge in [0, 0.05) is 57.4 Å². The molecule has 2 aromatic heterocycles. The van der Waals surface area contributed by atoms with E-state index in [0.29, 0.717) is 11.7 Å². The minimum atomic E-state index is 0.151. The van der Waals surface area contributed by atoms with Crippen molar-refractivity contribution in [3.05, 3.63) is 41.4 Å². The molecule has 4 rings (SSSR count). The number of nitrogens with zero attached hydrogens (tertiary/aromatic N) is 5. The first-order valence-corrected chi connectivity index (χ1v) is 10.4. The van der Waals surface area contributed by atoms with E-state index >= 15 is 0 Å². The number of nitrogens with two attached hydrogens (primary N) is 1. The molecule has 0 atom stereocenters. The van der Waals surface area contributed by atoms with E-state index in [1.54, 1.807) is 6.20 Å². The molecule has 8 nitrogen and oxygen atoms in total. The van der Waals surface area contributed by atoms with E-state index in [1.165, 1.54) is 5.56 Å². The zero-order valence-corrected chi connectivity index (χ0v) is 17.1. The van der Waals surface area contributed by atoms with Crippen molar-refractivity contribution < 1.29 is 9.32 Å². The van der Waals surface area contributed by atoms with Crippen molar-refractivity contribution in [3.8, 4) is 0 Å². The lowest BCUT2D eigenvalue weighted by atomic mass is 9.94. The van der Waals surface area contributed by atoms with Crippen LogP contribution in [0.3, 0.4) is 0 Å². The summed E-state index contributed by atoms with van der Waals surface area (Å²) >= 11 is 0. The number of amides is 1. The average molecular weight is 399 g/mol. The van der Waals surface area contributed by atoms with Crippen LogP contribution in [-0.4, -0.2) is 70.0 Å². The number of carbonyl (C=O) groups excluding carboxylic acids is 1. The maximum absolute atomic E-state index is 13.0. The molecule has 0 unspecified atom stereocenters. The highest BCUT2D eigenvalue weighted by atomic mass is 16.5. The number of piperidine rings is 1. The standard InChI is InChI=1S/C21H30N6O2/c1-16-12-19(24-29-16)15-26-8-10-27(11-9-26)21(28)18-3-6-25(7-4-18)14-17-2-5-23-20(22)13-17/h2,5,12-13,18H,3-4,6-11,14-15H2,1H3,(H2,22,23). The number of hydrogen-bond acceptors (Lipinski definition) is 7. The molecule has 2 N–H and O–H groups in total. The van der Waals surface area contributed by atoms with Crippen LogP contribution in [0, 0.1) is 12.8 Å². The Balaban J connectivity index is 1.21. The van der Waals surface area contributed by atoms with Gasteiger partial charge < -0.3 is 15.2 Å². The van der Waals surface area contributed by atoms with Crippen LogP contribution in [0.25, 0.3) is 0 Å². The molecule has 0 bridgehead atoms. The van der Waals surface area contributed by atoms with Crippen molar-refractivity contribution >= 4 is 11.7 Å². The number of pyridine rings is 1. The molecule has 0 aromatic carbocycles. The van der Waals surface area contributed by atoms with E-state index in [-0.39, 0.29) is 5.92 Å². The molecule has 2 fully saturated rings. The average Bonchev–Trinajstić information content (AvgIpc) is 3.13. The van der Waals surface area contributed by atoms with Gasteiger partial charge in [-0.25, -0.2) is 4.98 Å². The molecule has 0 spiro atoms. The predicted octanol–water partition coefficient (Wildman–Crippen LogP) is 1.52. The number of rotatable bonds is 5. The molecule has 8 heteroatoms. The summed E-state index contributed by atoms with van der Waals surface area (Å²) in [4.78, 5) is 23.8. The van der Waals surface area contributed by atoms with E-state index in [0.717, 1.165) is 76.7 Å². The minimum absolute atomic E-state index is 0.151. The maximum Gasteiger partial charge on any atom is 0.225 e. The summed E-state index contributed by atoms with van der Waals surface area (Å²) in [5, 5.41) is 4.07. The van der Waals surface area contributed by atoms with Crippen LogP contribution in [0.2, 0.25) is 0 Å². The third-order valence-electron chi connectivity index (χ3n) is 5.93. The van der Waals surface area contributed by atoms with Gasteiger partial charge in [0.15, 0.2) is 0 Å². The highest BCUT2D eigenvalue weighted by Gasteiger charge is 2.30. The van der Waals surface area contributed by atoms with Crippen LogP contribution in [0.1, 0.15) is 29.9 Å². The second-order valence-corrected chi connectivity index (χ2v) is 8.17. The summed E-state index contributed by atoms with van der Waals surface area (Å²) in [5.41, 5.74) is 7.92. The summed E-state index contributed by atoms with van der Waals surface area (Å²) in [6.07, 6.45) is 3.61. The highest BCUT2D eigenvalue weighted by Crippen LogP contribution is 2.22. The Morgan fingerprint density at radius 1 is 1.10 bits per heavy atom. The molecular formula is C21H30N6O2. The number of likely N-dealkylation sites (tertiary alicyclic amines) is 1. The number of piperazine rings is 1. The first kappa shape index (κ1) is 19.8. The Morgan fingerprint density at radius 3 is 2.48 bits per heavy atom. The van der Waals surface area contributed by atoms with Gasteiger partial charge in [-0.15, -0.1) is 0 Å². The summed E-state index contributed by atoms with van der Waals surface area (Å²) < 4.78 is 5.14. The number of nitrogen functional groups attached to an aromatic ring is 1. The van der Waals surface area contributed by atoms with Crippen LogP contribution >= 0.6 is 0 Å². The quantitative estimate of drug-likeness (QED) is 0.816. The number of aromatic nitrogens is 2. The van der Waals surface area contributed by atoms with Crippen LogP contribution in [0.4, 0.5) is 5.82 Å². The van der Waals surface area contributed by atoms with E-state index in [9.17, 15) is 4.79 Å². The third-order valence-corrected chi connectivity index (χ3v) is 5.93. The van der Waals surface area contributed by atoms with Gasteiger partial charge in [0.25, 0.3) is 0 Å². The Hall–Kier alpha value is -2.45. The van der Waals surface area contributed by atoms with Crippen molar-refractivity contribution in [3.63, 3.8) is 0 Å². The number of hydrogen-bond donors (Lipinski definition) is 1. The van der Waals surface area contributed by atoms with Crippen molar-refractivity contribution in [2.75, 3.05) is 45.0 Å². The van der Waals surface area contributed by atoms with Crippen molar-refractivity contribution in [2.45, 2.75) is 32.9 Å². The fourth-order valence-corrected chi connectivity index (χ4v) is 4.30. The van der Waals surface area contributed by atoms with Gasteiger partial charge in [-0.3, -0.25) is 14.6 Å². The smallest absolute Gasteiger partial charge is 0.225 e. The van der Waals surface area contributed by atoms with Crippen LogP contribution in [0.5, 0.6) is 0 Å². The molecule has 2 aliphatic heterocycles. The van der Waals surface area contributed by atoms with Crippen LogP contribution in [0.15, 0.2) is 28.9 Å². The van der Waals surface area contributed by atoms with E-state index < -0.39 is 0 Å². The van der Waals surface area contributed by atoms with Gasteiger partial charge in [0.2, 0.25) is 5.91 Å². The van der Waals surface area contributed by atoms with Crippen molar-refractivity contribution in [2.24, 2.45) is 5.92 Å². The molecule has 29 heavy (non-hydrogen) atoms. The molecule has 0 saturated carbocycles. The zero-order valence-electron chi connectivity index (χ0n) is 17.1. The van der Waals surface area contributed by atoms with Crippen LogP contribution in [-0.2, 0) is 17.9 Å². The summed E-state index contributed by atoms with van der Waals surface area (Å²) in [6, 6.07) is 5.91. The molecular weight excluding hydrogens is 368 g/mol. The lowest BCUT2D eigenvalue weighted by Gasteiger charge is -2.38. The van der Waals surface area contributed by atoms with Gasteiger partial charge >= 0.3 is 0 Å². The Morgan fingerprint density at radius 2 is 1.83 bits per heavy atom. The second kappa shape index (κ2) is 8.92. The molecule has 1 amide bonds. The zero-order chi connectivity index (χ0) is 20.2. The first-order valence-electron chi connectivity index (χ1n) is 10.4. The van der Waals surface area contributed by atoms with Crippen molar-refractivity contribution in [1.29, 1.82) is 0 Å². The van der Waals surface area contributed by atoms with Gasteiger partial charge in [-0.05, 0) is 50.6 Å². The van der Waals surface area contributed by atoms with E-state index in [4.69, 9.17) is 10.3 Å². The van der Waals surface area contributed by atoms with Gasteiger partial charge in [-0.1, -0.05) is 5.16 Å². The predicted molar refractivity (Wildman–Crippen MR) is 110 cm³/mol. The normalized spacial score (nSPS) is 19.6. The lowest BCUT2D eigenvalue weighted by Crippen LogP contribution is -2.51. The molecule has 2 aliphatic rings. The highest BCUT2D eigenvalue weighted by molar-refractivity contribution is 5.79. The van der Waals surface area contributed by atoms with Crippen molar-refractivity contribution in [1.82, 2.24) is 24.8 Å². The summed E-state index contributed by atoms with van der Waals surface area (Å²) in [6.45, 7) is 8.84. The Labute approximate surface area is 171 Å². The first-order chi connectivity index (χ1) is 14.1. The van der Waals surface area contributed by atoms with Gasteiger partial charge in [0.05, 0.1) is 5.69 Å². The Kier molecular flexibility index (Phi) is 6.10. The third kappa shape index (κ3) is 5.13. The van der Waals surface area contributed by atoms with Gasteiger partial charge in [0.1, 0.15) is 11.6 Å². The lowest BCUT2D eigenvalue weighted by molar-refractivity contribution is -0.139. The number of anilines is 1. The maximum atomic E-state index is 13.0. The fraction of sp³-hybridized carbons (Fsp3) is 0.571. The molecule has 0 radical (unpaired) electrons. The number of carbonyl (C=O) groups is 1. The Bertz CT molecular complexity index is 822. The second-order valence-electron chi connectivity index (χ2n) is 8.17. The molecule has 2 saturated heterocycles. The van der Waals surface area contributed by atoms with E-state index in [2.05, 4.69) is 24.8 Å². The topological polar surface area (TPSA) is 91.7 Å². The number of aryl methyl sites for hydroxylation is 1. The van der Waals surface area contributed by atoms with E-state index in [1.807, 2.05) is 25.1 Å². The van der Waals surface area contributed by atoms with Gasteiger partial charge in [-0.2, -0.15) is 0 Å². The minimum Gasteiger partial charge on any atom is -0.384 e. The summed E-state index contributed by atoms with van der Waals surface area (Å²) in [7, 11) is 0. The largest absolute Gasteiger partial charge is 0.384 e.